The van der Waals surface area contributed by atoms with Crippen molar-refractivity contribution in [2.75, 3.05) is 33.6 Å². The first-order chi connectivity index (χ1) is 10.6. The summed E-state index contributed by atoms with van der Waals surface area (Å²) in [5.74, 6) is 0.760. The van der Waals surface area contributed by atoms with Crippen molar-refractivity contribution in [3.63, 3.8) is 0 Å². The number of hydrogen-bond acceptors (Lipinski definition) is 4. The van der Waals surface area contributed by atoms with Crippen LogP contribution in [0.5, 0.6) is 0 Å². The third-order valence-corrected chi connectivity index (χ3v) is 3.94. The van der Waals surface area contributed by atoms with Gasteiger partial charge < -0.3 is 10.1 Å². The number of carbonyl (C=O) groups is 1. The van der Waals surface area contributed by atoms with Crippen LogP contribution >= 0.6 is 24.0 Å². The smallest absolute Gasteiger partial charge is 0.269 e. The Labute approximate surface area is 141 Å². The standard InChI is InChI=1S/C15H23N3O2S2/c1-18(15(21)16-9-4-10-20-2)17-14(19)13-7-5-12(6-8-13)11-22-3/h5-8H,4,9-11H2,1-3H3,(H,16,21)(H,17,19). The molecule has 0 aliphatic heterocycles. The number of amides is 1. The molecule has 0 unspecified atom stereocenters. The Morgan fingerprint density at radius 1 is 1.36 bits per heavy atom. The van der Waals surface area contributed by atoms with E-state index < -0.39 is 0 Å². The van der Waals surface area contributed by atoms with Gasteiger partial charge in [-0.25, -0.2) is 0 Å². The Hall–Kier alpha value is -1.31. The molecule has 0 aromatic heterocycles. The third-order valence-electron chi connectivity index (χ3n) is 2.90. The minimum absolute atomic E-state index is 0.181. The fourth-order valence-corrected chi connectivity index (χ4v) is 2.39. The number of nitrogens with one attached hydrogen (secondary N) is 2. The number of thioether (sulfide) groups is 1. The van der Waals surface area contributed by atoms with Crippen molar-refractivity contribution >= 4 is 35.0 Å². The van der Waals surface area contributed by atoms with Crippen molar-refractivity contribution in [3.8, 4) is 0 Å². The van der Waals surface area contributed by atoms with Gasteiger partial charge >= 0.3 is 0 Å². The van der Waals surface area contributed by atoms with Crippen LogP contribution in [0.2, 0.25) is 0 Å². The largest absolute Gasteiger partial charge is 0.385 e. The average molecular weight is 342 g/mol. The maximum absolute atomic E-state index is 12.1. The van der Waals surface area contributed by atoms with Gasteiger partial charge in [-0.3, -0.25) is 15.2 Å². The number of methoxy groups -OCH3 is 1. The van der Waals surface area contributed by atoms with E-state index in [0.717, 1.165) is 12.2 Å². The highest BCUT2D eigenvalue weighted by atomic mass is 32.2. The summed E-state index contributed by atoms with van der Waals surface area (Å²) in [6, 6.07) is 7.58. The molecule has 0 atom stereocenters. The zero-order chi connectivity index (χ0) is 16.4. The molecule has 5 nitrogen and oxygen atoms in total. The lowest BCUT2D eigenvalue weighted by Gasteiger charge is -2.21. The second-order valence-corrected chi connectivity index (χ2v) is 5.96. The molecule has 1 aromatic carbocycles. The van der Waals surface area contributed by atoms with Crippen LogP contribution in [0.3, 0.4) is 0 Å². The van der Waals surface area contributed by atoms with Crippen LogP contribution in [0.15, 0.2) is 24.3 Å². The molecule has 0 saturated carbocycles. The number of ether oxygens (including phenoxy) is 1. The van der Waals surface area contributed by atoms with Gasteiger partial charge in [0.1, 0.15) is 0 Å². The van der Waals surface area contributed by atoms with Crippen molar-refractivity contribution in [1.29, 1.82) is 0 Å². The molecule has 7 heteroatoms. The fourth-order valence-electron chi connectivity index (χ4n) is 1.72. The first-order valence-corrected chi connectivity index (χ1v) is 8.78. The molecule has 0 radical (unpaired) electrons. The van der Waals surface area contributed by atoms with Crippen molar-refractivity contribution in [2.24, 2.45) is 0 Å². The second-order valence-electron chi connectivity index (χ2n) is 4.71. The number of thiocarbonyl (C=S) groups is 1. The summed E-state index contributed by atoms with van der Waals surface area (Å²) in [7, 11) is 3.38. The minimum atomic E-state index is -0.181. The van der Waals surface area contributed by atoms with Crippen LogP contribution in [0.1, 0.15) is 22.3 Å². The molecule has 0 aliphatic carbocycles. The van der Waals surface area contributed by atoms with Gasteiger partial charge in [-0.1, -0.05) is 12.1 Å². The van der Waals surface area contributed by atoms with Gasteiger partial charge in [-0.2, -0.15) is 11.8 Å². The van der Waals surface area contributed by atoms with E-state index in [4.69, 9.17) is 17.0 Å². The van der Waals surface area contributed by atoms with E-state index in [1.54, 1.807) is 25.9 Å². The predicted molar refractivity (Wildman–Crippen MR) is 96.0 cm³/mol. The molecule has 22 heavy (non-hydrogen) atoms. The molecule has 0 bridgehead atoms. The van der Waals surface area contributed by atoms with Crippen molar-refractivity contribution < 1.29 is 9.53 Å². The van der Waals surface area contributed by atoms with E-state index in [0.29, 0.717) is 23.8 Å². The van der Waals surface area contributed by atoms with Crippen LogP contribution in [0.25, 0.3) is 0 Å². The van der Waals surface area contributed by atoms with Crippen LogP contribution < -0.4 is 10.7 Å². The first-order valence-electron chi connectivity index (χ1n) is 6.97. The molecular weight excluding hydrogens is 318 g/mol. The number of benzene rings is 1. The summed E-state index contributed by atoms with van der Waals surface area (Å²) < 4.78 is 4.97. The van der Waals surface area contributed by atoms with E-state index >= 15 is 0 Å². The molecule has 0 saturated heterocycles. The van der Waals surface area contributed by atoms with Crippen LogP contribution in [0.4, 0.5) is 0 Å². The van der Waals surface area contributed by atoms with E-state index in [-0.39, 0.29) is 5.91 Å². The van der Waals surface area contributed by atoms with Gasteiger partial charge in [0.05, 0.1) is 0 Å². The number of carbonyl (C=O) groups excluding carboxylic acids is 1. The highest BCUT2D eigenvalue weighted by molar-refractivity contribution is 7.97. The van der Waals surface area contributed by atoms with E-state index in [2.05, 4.69) is 17.0 Å². The Balaban J connectivity index is 2.44. The van der Waals surface area contributed by atoms with Gasteiger partial charge in [0, 0.05) is 38.6 Å². The summed E-state index contributed by atoms with van der Waals surface area (Å²) in [6.45, 7) is 1.38. The molecule has 1 rings (SSSR count). The van der Waals surface area contributed by atoms with Gasteiger partial charge in [0.15, 0.2) is 5.11 Å². The lowest BCUT2D eigenvalue weighted by Crippen LogP contribution is -2.48. The van der Waals surface area contributed by atoms with E-state index in [9.17, 15) is 4.79 Å². The highest BCUT2D eigenvalue weighted by Crippen LogP contribution is 2.10. The Morgan fingerprint density at radius 3 is 2.64 bits per heavy atom. The molecule has 0 heterocycles. The predicted octanol–water partition coefficient (Wildman–Crippen LogP) is 2.04. The number of hydrazine groups is 1. The summed E-state index contributed by atoms with van der Waals surface area (Å²) in [5, 5.41) is 5.05. The Bertz CT molecular complexity index is 480. The van der Waals surface area contributed by atoms with Gasteiger partial charge in [0.25, 0.3) is 5.91 Å². The summed E-state index contributed by atoms with van der Waals surface area (Å²) in [4.78, 5) is 12.1. The first kappa shape index (κ1) is 18.7. The summed E-state index contributed by atoms with van der Waals surface area (Å²) in [6.07, 6.45) is 2.91. The average Bonchev–Trinajstić information content (AvgIpc) is 2.52. The van der Waals surface area contributed by atoms with Crippen molar-refractivity contribution in [3.05, 3.63) is 35.4 Å². The quantitative estimate of drug-likeness (QED) is 0.450. The molecule has 2 N–H and O–H groups in total. The second kappa shape index (κ2) is 10.4. The maximum atomic E-state index is 12.1. The van der Waals surface area contributed by atoms with Crippen molar-refractivity contribution in [1.82, 2.24) is 15.8 Å². The topological polar surface area (TPSA) is 53.6 Å². The number of hydrogen-bond donors (Lipinski definition) is 2. The monoisotopic (exact) mass is 341 g/mol. The Kier molecular flexibility index (Phi) is 8.88. The lowest BCUT2D eigenvalue weighted by molar-refractivity contribution is 0.0886. The molecule has 1 aromatic rings. The van der Waals surface area contributed by atoms with E-state index in [1.165, 1.54) is 10.6 Å². The van der Waals surface area contributed by atoms with Crippen LogP contribution in [-0.4, -0.2) is 49.6 Å². The summed E-state index contributed by atoms with van der Waals surface area (Å²) in [5.41, 5.74) is 4.55. The van der Waals surface area contributed by atoms with Crippen LogP contribution in [-0.2, 0) is 10.5 Å². The zero-order valence-electron chi connectivity index (χ0n) is 13.2. The number of rotatable bonds is 7. The fraction of sp³-hybridized carbons (Fsp3) is 0.467. The zero-order valence-corrected chi connectivity index (χ0v) is 14.9. The SMILES string of the molecule is COCCCNC(=S)N(C)NC(=O)c1ccc(CSC)cc1. The summed E-state index contributed by atoms with van der Waals surface area (Å²) >= 11 is 6.96. The van der Waals surface area contributed by atoms with Crippen LogP contribution in [0, 0.1) is 0 Å². The van der Waals surface area contributed by atoms with Gasteiger partial charge in [-0.15, -0.1) is 0 Å². The Morgan fingerprint density at radius 2 is 2.05 bits per heavy atom. The molecule has 122 valence electrons. The molecule has 0 aliphatic rings. The number of nitrogens with zero attached hydrogens (tertiary/aromatic N) is 1. The van der Waals surface area contributed by atoms with Crippen molar-refractivity contribution in [2.45, 2.75) is 12.2 Å². The van der Waals surface area contributed by atoms with Gasteiger partial charge in [0.2, 0.25) is 0 Å². The maximum Gasteiger partial charge on any atom is 0.269 e. The van der Waals surface area contributed by atoms with E-state index in [1.807, 2.05) is 24.3 Å². The normalized spacial score (nSPS) is 10.1. The minimum Gasteiger partial charge on any atom is -0.385 e. The lowest BCUT2D eigenvalue weighted by atomic mass is 10.1. The molecule has 1 amide bonds. The highest BCUT2D eigenvalue weighted by Gasteiger charge is 2.10. The molecule has 0 fully saturated rings. The molecular formula is C15H23N3O2S2. The molecule has 0 spiro atoms. The van der Waals surface area contributed by atoms with Gasteiger partial charge in [-0.05, 0) is 42.6 Å². The third kappa shape index (κ3) is 6.64.